The van der Waals surface area contributed by atoms with Crippen molar-refractivity contribution in [2.24, 2.45) is 0 Å². The van der Waals surface area contributed by atoms with Crippen molar-refractivity contribution in [2.75, 3.05) is 40.9 Å². The molecule has 0 spiro atoms. The van der Waals surface area contributed by atoms with Crippen LogP contribution < -0.4 is 10.2 Å². The number of phosphoric acid groups is 1. The van der Waals surface area contributed by atoms with Gasteiger partial charge in [-0.1, -0.05) is 151 Å². The van der Waals surface area contributed by atoms with Crippen LogP contribution in [-0.2, 0) is 18.4 Å². The Morgan fingerprint density at radius 3 is 1.89 bits per heavy atom. The monoisotopic (exact) mass is 765 g/mol. The predicted molar refractivity (Wildman–Crippen MR) is 220 cm³/mol. The molecule has 0 saturated carbocycles. The fourth-order valence-corrected chi connectivity index (χ4v) is 5.96. The highest BCUT2D eigenvalue weighted by Crippen LogP contribution is 2.38. The first kappa shape index (κ1) is 50.9. The van der Waals surface area contributed by atoms with E-state index in [0.29, 0.717) is 23.9 Å². The number of carbonyl (C=O) groups is 1. The van der Waals surface area contributed by atoms with Crippen molar-refractivity contribution >= 4 is 13.7 Å². The Morgan fingerprint density at radius 1 is 0.736 bits per heavy atom. The predicted octanol–water partition coefficient (Wildman–Crippen LogP) is 9.19. The van der Waals surface area contributed by atoms with Gasteiger partial charge in [0, 0.05) is 6.42 Å². The van der Waals surface area contributed by atoms with E-state index in [0.717, 1.165) is 44.9 Å². The lowest BCUT2D eigenvalue weighted by atomic mass is 10.0. The SMILES string of the molecule is CC/C=C\C/C=C\C/C=C\C/C=C\C=C\C(O)CCCC(=O)N[C@@H](COP(=O)([O-])OCC[N+](C)(C)C)[C@H](O)/C=C/CCCCCCCCCCCCC. The van der Waals surface area contributed by atoms with Crippen molar-refractivity contribution in [1.29, 1.82) is 0 Å². The van der Waals surface area contributed by atoms with Gasteiger partial charge in [-0.25, -0.2) is 0 Å². The molecule has 2 unspecified atom stereocenters. The lowest BCUT2D eigenvalue weighted by molar-refractivity contribution is -0.870. The van der Waals surface area contributed by atoms with E-state index in [4.69, 9.17) is 9.05 Å². The number of carbonyl (C=O) groups excluding carboxylic acids is 1. The number of quaternary nitrogens is 1. The Bertz CT molecular complexity index is 1110. The number of aliphatic hydroxyl groups excluding tert-OH is 2. The largest absolute Gasteiger partial charge is 0.756 e. The maximum atomic E-state index is 12.8. The van der Waals surface area contributed by atoms with Crippen molar-refractivity contribution in [2.45, 2.75) is 154 Å². The van der Waals surface area contributed by atoms with Gasteiger partial charge in [-0.15, -0.1) is 0 Å². The second-order valence-electron chi connectivity index (χ2n) is 14.8. The number of nitrogens with zero attached hydrogens (tertiary/aromatic N) is 1. The van der Waals surface area contributed by atoms with E-state index >= 15 is 0 Å². The smallest absolute Gasteiger partial charge is 0.268 e. The summed E-state index contributed by atoms with van der Waals surface area (Å²) in [4.78, 5) is 25.2. The summed E-state index contributed by atoms with van der Waals surface area (Å²) < 4.78 is 23.0. The van der Waals surface area contributed by atoms with Gasteiger partial charge in [0.25, 0.3) is 7.82 Å². The van der Waals surface area contributed by atoms with Crippen LogP contribution in [0, 0.1) is 0 Å². The number of hydrogen-bond donors (Lipinski definition) is 3. The Kier molecular flexibility index (Phi) is 33.0. The van der Waals surface area contributed by atoms with Crippen molar-refractivity contribution < 1.29 is 38.0 Å². The summed E-state index contributed by atoms with van der Waals surface area (Å²) >= 11 is 0. The van der Waals surface area contributed by atoms with E-state index in [1.165, 1.54) is 57.8 Å². The molecular formula is C43H77N2O7P. The van der Waals surface area contributed by atoms with Gasteiger partial charge in [0.05, 0.1) is 46.0 Å². The number of unbranched alkanes of at least 4 members (excludes halogenated alkanes) is 11. The molecule has 10 heteroatoms. The highest BCUT2D eigenvalue weighted by Gasteiger charge is 2.23. The van der Waals surface area contributed by atoms with Gasteiger partial charge >= 0.3 is 0 Å². The lowest BCUT2D eigenvalue weighted by Gasteiger charge is -2.29. The molecule has 0 aromatic heterocycles. The molecular weight excluding hydrogens is 687 g/mol. The molecule has 0 aromatic rings. The van der Waals surface area contributed by atoms with Crippen LogP contribution in [0.15, 0.2) is 72.9 Å². The number of aliphatic hydroxyl groups is 2. The first-order chi connectivity index (χ1) is 25.4. The van der Waals surface area contributed by atoms with Crippen LogP contribution in [0.3, 0.4) is 0 Å². The highest BCUT2D eigenvalue weighted by molar-refractivity contribution is 7.45. The Labute approximate surface area is 324 Å². The first-order valence-electron chi connectivity index (χ1n) is 20.4. The van der Waals surface area contributed by atoms with Gasteiger partial charge < -0.3 is 34.0 Å². The number of amides is 1. The minimum atomic E-state index is -4.64. The zero-order valence-electron chi connectivity index (χ0n) is 34.0. The Hall–Kier alpha value is -2.10. The number of rotatable bonds is 35. The molecule has 0 aliphatic heterocycles. The number of allylic oxidation sites excluding steroid dienone is 10. The molecule has 3 N–H and O–H groups in total. The van der Waals surface area contributed by atoms with Gasteiger partial charge in [-0.3, -0.25) is 9.36 Å². The maximum Gasteiger partial charge on any atom is 0.268 e. The minimum Gasteiger partial charge on any atom is -0.756 e. The summed E-state index contributed by atoms with van der Waals surface area (Å²) in [5.74, 6) is -0.363. The second-order valence-corrected chi connectivity index (χ2v) is 16.2. The normalized spacial score (nSPS) is 15.8. The molecule has 1 amide bonds. The van der Waals surface area contributed by atoms with Crippen LogP contribution in [0.4, 0.5) is 0 Å². The van der Waals surface area contributed by atoms with Gasteiger partial charge in [0.1, 0.15) is 13.2 Å². The van der Waals surface area contributed by atoms with Crippen LogP contribution in [0.5, 0.6) is 0 Å². The zero-order chi connectivity index (χ0) is 39.5. The van der Waals surface area contributed by atoms with Crippen LogP contribution in [0.2, 0.25) is 0 Å². The number of phosphoric ester groups is 1. The topological polar surface area (TPSA) is 128 Å². The third-order valence-electron chi connectivity index (χ3n) is 8.53. The summed E-state index contributed by atoms with van der Waals surface area (Å²) in [6.07, 6.45) is 41.1. The average Bonchev–Trinajstić information content (AvgIpc) is 3.09. The molecule has 0 fully saturated rings. The molecule has 0 aliphatic rings. The highest BCUT2D eigenvalue weighted by atomic mass is 31.2. The van der Waals surface area contributed by atoms with E-state index in [1.807, 2.05) is 39.4 Å². The van der Waals surface area contributed by atoms with Crippen molar-refractivity contribution in [3.05, 3.63) is 72.9 Å². The van der Waals surface area contributed by atoms with E-state index in [2.05, 4.69) is 55.6 Å². The number of nitrogens with one attached hydrogen (secondary N) is 1. The molecule has 0 bridgehead atoms. The summed E-state index contributed by atoms with van der Waals surface area (Å²) in [6, 6.07) is -0.983. The van der Waals surface area contributed by atoms with E-state index in [-0.39, 0.29) is 18.9 Å². The standard InChI is InChI=1S/C43H77N2O7P/c1-6-8-10-12-14-16-18-20-22-24-26-28-30-33-40(46)34-32-36-43(48)44-41(39-52-53(49,50)51-38-37-45(3,4)5)42(47)35-31-29-27-25-23-21-19-17-15-13-11-9-7-2/h8,10,14,16,20,22,26,28,30-31,33,35,40-42,46-47H,6-7,9,11-13,15,17-19,21,23-25,27,29,32,34,36-39H2,1-5H3,(H-,44,48,49,50)/b10-8-,16-14-,22-20-,28-26-,33-30+,35-31+/t40?,41-,42+/m0/s1. The third kappa shape index (κ3) is 36.6. The summed E-state index contributed by atoms with van der Waals surface area (Å²) in [7, 11) is 1.13. The molecule has 9 nitrogen and oxygen atoms in total. The first-order valence-corrected chi connectivity index (χ1v) is 21.9. The summed E-state index contributed by atoms with van der Waals surface area (Å²) in [5, 5.41) is 23.9. The minimum absolute atomic E-state index is 0.0399. The molecule has 4 atom stereocenters. The fraction of sp³-hybridized carbons (Fsp3) is 0.698. The quantitative estimate of drug-likeness (QED) is 0.0193. The van der Waals surface area contributed by atoms with E-state index < -0.39 is 32.7 Å². The number of hydrogen-bond acceptors (Lipinski definition) is 7. The zero-order valence-corrected chi connectivity index (χ0v) is 34.9. The Balaban J connectivity index is 4.74. The van der Waals surface area contributed by atoms with Crippen LogP contribution in [0.25, 0.3) is 0 Å². The summed E-state index contributed by atoms with van der Waals surface area (Å²) in [5.41, 5.74) is 0. The third-order valence-corrected chi connectivity index (χ3v) is 9.49. The molecule has 53 heavy (non-hydrogen) atoms. The molecule has 0 heterocycles. The number of likely N-dealkylation sites (N-methyl/N-ethyl adjacent to an activating group) is 1. The van der Waals surface area contributed by atoms with Crippen LogP contribution in [-0.4, -0.2) is 79.8 Å². The van der Waals surface area contributed by atoms with Crippen molar-refractivity contribution in [1.82, 2.24) is 5.32 Å². The average molecular weight is 765 g/mol. The van der Waals surface area contributed by atoms with Gasteiger partial charge in [-0.05, 0) is 51.4 Å². The van der Waals surface area contributed by atoms with Crippen LogP contribution >= 0.6 is 7.82 Å². The van der Waals surface area contributed by atoms with E-state index in [1.54, 1.807) is 18.2 Å². The molecule has 0 saturated heterocycles. The maximum absolute atomic E-state index is 12.8. The fourth-order valence-electron chi connectivity index (χ4n) is 5.24. The van der Waals surface area contributed by atoms with Crippen LogP contribution in [0.1, 0.15) is 136 Å². The molecule has 0 aromatic carbocycles. The second kappa shape index (κ2) is 34.4. The van der Waals surface area contributed by atoms with Crippen molar-refractivity contribution in [3.63, 3.8) is 0 Å². The molecule has 0 radical (unpaired) electrons. The van der Waals surface area contributed by atoms with Gasteiger partial charge in [-0.2, -0.15) is 0 Å². The molecule has 0 aliphatic carbocycles. The molecule has 306 valence electrons. The lowest BCUT2D eigenvalue weighted by Crippen LogP contribution is -2.45. The van der Waals surface area contributed by atoms with Gasteiger partial charge in [0.2, 0.25) is 5.91 Å². The van der Waals surface area contributed by atoms with Crippen molar-refractivity contribution in [3.8, 4) is 0 Å². The summed E-state index contributed by atoms with van der Waals surface area (Å²) in [6.45, 7) is 4.33. The van der Waals surface area contributed by atoms with Gasteiger partial charge in [0.15, 0.2) is 0 Å². The Morgan fingerprint density at radius 2 is 1.30 bits per heavy atom. The van der Waals surface area contributed by atoms with E-state index in [9.17, 15) is 24.5 Å². The molecule has 0 rings (SSSR count).